The molecule has 3 aromatic rings. The Morgan fingerprint density at radius 2 is 2.00 bits per heavy atom. The monoisotopic (exact) mass is 210 g/mol. The molecule has 4 heteroatoms. The molecule has 0 saturated carbocycles. The number of aromatic nitrogens is 4. The summed E-state index contributed by atoms with van der Waals surface area (Å²) in [6.07, 6.45) is 9.01. The lowest BCUT2D eigenvalue weighted by Gasteiger charge is -2.05. The Kier molecular flexibility index (Phi) is 1.93. The van der Waals surface area contributed by atoms with Crippen molar-refractivity contribution >= 4 is 5.65 Å². The van der Waals surface area contributed by atoms with Crippen LogP contribution >= 0.6 is 0 Å². The molecule has 0 bridgehead atoms. The molecule has 0 spiro atoms. The number of nitrogens with zero attached hydrogens (tertiary/aromatic N) is 4. The predicted octanol–water partition coefficient (Wildman–Crippen LogP) is 2.10. The lowest BCUT2D eigenvalue weighted by molar-refractivity contribution is 0.937. The summed E-state index contributed by atoms with van der Waals surface area (Å²) < 4.78 is 1.77. The van der Waals surface area contributed by atoms with Crippen LogP contribution in [0.15, 0.2) is 43.1 Å². The minimum absolute atomic E-state index is 0.860. The van der Waals surface area contributed by atoms with Crippen molar-refractivity contribution in [2.24, 2.45) is 0 Å². The minimum Gasteiger partial charge on any atom is -0.264 e. The first-order chi connectivity index (χ1) is 7.86. The molecule has 0 aromatic carbocycles. The van der Waals surface area contributed by atoms with E-state index in [-0.39, 0.29) is 0 Å². The van der Waals surface area contributed by atoms with Gasteiger partial charge in [0.1, 0.15) is 0 Å². The van der Waals surface area contributed by atoms with Gasteiger partial charge in [-0.1, -0.05) is 0 Å². The van der Waals surface area contributed by atoms with E-state index in [1.165, 1.54) is 5.56 Å². The van der Waals surface area contributed by atoms with Crippen LogP contribution in [0.1, 0.15) is 5.56 Å². The van der Waals surface area contributed by atoms with Crippen LogP contribution in [0, 0.1) is 6.92 Å². The summed E-state index contributed by atoms with van der Waals surface area (Å²) >= 11 is 0. The molecular weight excluding hydrogens is 200 g/mol. The third-order valence-corrected chi connectivity index (χ3v) is 2.62. The van der Waals surface area contributed by atoms with Crippen molar-refractivity contribution in [2.45, 2.75) is 6.92 Å². The zero-order chi connectivity index (χ0) is 11.0. The summed E-state index contributed by atoms with van der Waals surface area (Å²) in [5, 5.41) is 4.19. The highest BCUT2D eigenvalue weighted by Gasteiger charge is 2.07. The van der Waals surface area contributed by atoms with E-state index < -0.39 is 0 Å². The van der Waals surface area contributed by atoms with Crippen molar-refractivity contribution < 1.29 is 0 Å². The molecule has 3 aromatic heterocycles. The van der Waals surface area contributed by atoms with Gasteiger partial charge in [-0.3, -0.25) is 4.98 Å². The summed E-state index contributed by atoms with van der Waals surface area (Å²) in [4.78, 5) is 8.46. The Labute approximate surface area is 92.6 Å². The van der Waals surface area contributed by atoms with Gasteiger partial charge in [-0.25, -0.2) is 9.50 Å². The summed E-state index contributed by atoms with van der Waals surface area (Å²) in [6, 6.07) is 3.96. The van der Waals surface area contributed by atoms with Gasteiger partial charge in [0, 0.05) is 42.1 Å². The molecule has 78 valence electrons. The van der Waals surface area contributed by atoms with Crippen LogP contribution in [0.3, 0.4) is 0 Å². The third kappa shape index (κ3) is 1.27. The molecule has 16 heavy (non-hydrogen) atoms. The van der Waals surface area contributed by atoms with E-state index in [1.807, 2.05) is 24.5 Å². The first kappa shape index (κ1) is 9.03. The van der Waals surface area contributed by atoms with E-state index in [9.17, 15) is 0 Å². The first-order valence-electron chi connectivity index (χ1n) is 5.05. The Morgan fingerprint density at radius 1 is 1.06 bits per heavy atom. The normalized spacial score (nSPS) is 10.8. The Bertz CT molecular complexity index is 642. The first-order valence-corrected chi connectivity index (χ1v) is 5.05. The average Bonchev–Trinajstić information content (AvgIpc) is 2.77. The van der Waals surface area contributed by atoms with Crippen LogP contribution < -0.4 is 0 Å². The molecule has 0 atom stereocenters. The molecule has 0 fully saturated rings. The van der Waals surface area contributed by atoms with Gasteiger partial charge in [0.2, 0.25) is 0 Å². The zero-order valence-corrected chi connectivity index (χ0v) is 8.83. The summed E-state index contributed by atoms with van der Waals surface area (Å²) in [7, 11) is 0. The molecular formula is C12H10N4. The van der Waals surface area contributed by atoms with Gasteiger partial charge in [-0.2, -0.15) is 5.10 Å². The fourth-order valence-corrected chi connectivity index (χ4v) is 1.79. The van der Waals surface area contributed by atoms with Crippen molar-refractivity contribution in [1.82, 2.24) is 19.6 Å². The van der Waals surface area contributed by atoms with Crippen molar-refractivity contribution in [3.8, 4) is 11.1 Å². The van der Waals surface area contributed by atoms with Crippen molar-refractivity contribution in [2.75, 3.05) is 0 Å². The third-order valence-electron chi connectivity index (χ3n) is 2.62. The molecule has 0 saturated heterocycles. The molecule has 3 heterocycles. The topological polar surface area (TPSA) is 43.1 Å². The molecule has 0 aliphatic carbocycles. The maximum Gasteiger partial charge on any atom is 0.161 e. The van der Waals surface area contributed by atoms with Gasteiger partial charge < -0.3 is 0 Å². The fourth-order valence-electron chi connectivity index (χ4n) is 1.79. The Balaban J connectivity index is 2.34. The number of imidazole rings is 1. The van der Waals surface area contributed by atoms with Crippen LogP contribution in [-0.4, -0.2) is 19.6 Å². The molecule has 0 N–H and O–H groups in total. The second-order valence-corrected chi connectivity index (χ2v) is 3.63. The molecule has 0 radical (unpaired) electrons. The second-order valence-electron chi connectivity index (χ2n) is 3.63. The van der Waals surface area contributed by atoms with Crippen LogP contribution in [0.5, 0.6) is 0 Å². The minimum atomic E-state index is 0.860. The van der Waals surface area contributed by atoms with Gasteiger partial charge in [0.15, 0.2) is 5.65 Å². The van der Waals surface area contributed by atoms with Crippen LogP contribution in [0.25, 0.3) is 16.8 Å². The van der Waals surface area contributed by atoms with Crippen molar-refractivity contribution in [3.05, 3.63) is 48.7 Å². The molecule has 0 unspecified atom stereocenters. The highest BCUT2D eigenvalue weighted by molar-refractivity contribution is 5.78. The van der Waals surface area contributed by atoms with Gasteiger partial charge in [0.25, 0.3) is 0 Å². The number of rotatable bonds is 1. The van der Waals surface area contributed by atoms with Gasteiger partial charge in [0.05, 0.1) is 0 Å². The molecule has 0 aliphatic rings. The standard InChI is InChI=1S/C12H10N4/c1-9-2-4-13-8-11(9)10-3-5-15-16-7-6-14-12(10)16/h2-8H,1H3. The van der Waals surface area contributed by atoms with Crippen molar-refractivity contribution in [3.63, 3.8) is 0 Å². The van der Waals surface area contributed by atoms with Gasteiger partial charge in [-0.05, 0) is 24.6 Å². The van der Waals surface area contributed by atoms with Gasteiger partial charge >= 0.3 is 0 Å². The van der Waals surface area contributed by atoms with Crippen LogP contribution in [0.2, 0.25) is 0 Å². The lowest BCUT2D eigenvalue weighted by Crippen LogP contribution is -1.93. The Morgan fingerprint density at radius 3 is 2.88 bits per heavy atom. The number of fused-ring (bicyclic) bond motifs is 1. The molecule has 0 aliphatic heterocycles. The van der Waals surface area contributed by atoms with E-state index in [0.29, 0.717) is 0 Å². The van der Waals surface area contributed by atoms with Crippen molar-refractivity contribution in [1.29, 1.82) is 0 Å². The van der Waals surface area contributed by atoms with Crippen LogP contribution in [0.4, 0.5) is 0 Å². The zero-order valence-electron chi connectivity index (χ0n) is 8.83. The smallest absolute Gasteiger partial charge is 0.161 e. The number of hydrogen-bond acceptors (Lipinski definition) is 3. The predicted molar refractivity (Wildman–Crippen MR) is 61.0 cm³/mol. The van der Waals surface area contributed by atoms with E-state index in [0.717, 1.165) is 16.8 Å². The highest BCUT2D eigenvalue weighted by atomic mass is 15.2. The van der Waals surface area contributed by atoms with E-state index in [1.54, 1.807) is 23.1 Å². The maximum atomic E-state index is 4.31. The maximum absolute atomic E-state index is 4.31. The van der Waals surface area contributed by atoms with E-state index in [2.05, 4.69) is 22.0 Å². The largest absolute Gasteiger partial charge is 0.264 e. The fraction of sp³-hybridized carbons (Fsp3) is 0.0833. The molecule has 4 nitrogen and oxygen atoms in total. The Hall–Kier alpha value is -2.23. The number of aryl methyl sites for hydroxylation is 1. The lowest BCUT2D eigenvalue weighted by atomic mass is 10.1. The summed E-state index contributed by atoms with van der Waals surface area (Å²) in [5.41, 5.74) is 4.20. The average molecular weight is 210 g/mol. The SMILES string of the molecule is Cc1ccncc1-c1ccnn2ccnc12. The van der Waals surface area contributed by atoms with Crippen LogP contribution in [-0.2, 0) is 0 Å². The molecule has 0 amide bonds. The number of hydrogen-bond donors (Lipinski definition) is 0. The quantitative estimate of drug-likeness (QED) is 0.617. The summed E-state index contributed by atoms with van der Waals surface area (Å²) in [5.74, 6) is 0. The number of pyridine rings is 1. The summed E-state index contributed by atoms with van der Waals surface area (Å²) in [6.45, 7) is 2.07. The molecule has 3 rings (SSSR count). The van der Waals surface area contributed by atoms with E-state index >= 15 is 0 Å². The second kappa shape index (κ2) is 3.41. The van der Waals surface area contributed by atoms with Gasteiger partial charge in [-0.15, -0.1) is 0 Å². The van der Waals surface area contributed by atoms with E-state index in [4.69, 9.17) is 0 Å². The highest BCUT2D eigenvalue weighted by Crippen LogP contribution is 2.24.